The molecule has 6 nitrogen and oxygen atoms in total. The van der Waals surface area contributed by atoms with Crippen LogP contribution < -0.4 is 10.6 Å². The van der Waals surface area contributed by atoms with Crippen molar-refractivity contribution in [1.29, 1.82) is 0 Å². The Morgan fingerprint density at radius 1 is 1.38 bits per heavy atom. The van der Waals surface area contributed by atoms with Crippen molar-refractivity contribution in [2.75, 3.05) is 10.6 Å². The van der Waals surface area contributed by atoms with Gasteiger partial charge in [0.25, 0.3) is 0 Å². The van der Waals surface area contributed by atoms with Gasteiger partial charge in [-0.2, -0.15) is 5.10 Å². The molecule has 1 fully saturated rings. The molecule has 0 unspecified atom stereocenters. The summed E-state index contributed by atoms with van der Waals surface area (Å²) in [6.45, 7) is 3.81. The number of halogens is 1. The zero-order valence-corrected chi connectivity index (χ0v) is 12.6. The van der Waals surface area contributed by atoms with E-state index in [-0.39, 0.29) is 6.03 Å². The minimum Gasteiger partial charge on any atom is -0.307 e. The number of anilines is 2. The van der Waals surface area contributed by atoms with E-state index in [0.717, 1.165) is 16.8 Å². The molecule has 0 aliphatic heterocycles. The third kappa shape index (κ3) is 3.00. The number of nitrogens with zero attached hydrogens (tertiary/aromatic N) is 2. The summed E-state index contributed by atoms with van der Waals surface area (Å²) in [5.74, 6) is 1.13. The fraction of sp³-hybridized carbons (Fsp3) is 0.357. The number of H-pyrrole nitrogens is 1. The summed E-state index contributed by atoms with van der Waals surface area (Å²) in [7, 11) is 0. The number of aromatic nitrogens is 3. The molecular weight excluding hydrogens is 290 g/mol. The molecule has 0 radical (unpaired) electrons. The average Bonchev–Trinajstić information content (AvgIpc) is 3.21. The lowest BCUT2D eigenvalue weighted by atomic mass is 10.2. The van der Waals surface area contributed by atoms with Gasteiger partial charge < -0.3 is 5.32 Å². The number of rotatable bonds is 3. The molecule has 21 heavy (non-hydrogen) atoms. The highest BCUT2D eigenvalue weighted by atomic mass is 35.5. The van der Waals surface area contributed by atoms with E-state index in [1.54, 1.807) is 12.3 Å². The summed E-state index contributed by atoms with van der Waals surface area (Å²) < 4.78 is 0. The molecule has 110 valence electrons. The fourth-order valence-electron chi connectivity index (χ4n) is 2.20. The predicted molar refractivity (Wildman–Crippen MR) is 81.9 cm³/mol. The highest BCUT2D eigenvalue weighted by molar-refractivity contribution is 6.29. The summed E-state index contributed by atoms with van der Waals surface area (Å²) in [6.07, 6.45) is 3.98. The summed E-state index contributed by atoms with van der Waals surface area (Å²) in [4.78, 5) is 16.0. The van der Waals surface area contributed by atoms with Crippen molar-refractivity contribution in [1.82, 2.24) is 15.2 Å². The molecule has 2 heterocycles. The van der Waals surface area contributed by atoms with Gasteiger partial charge in [-0.25, -0.2) is 9.78 Å². The highest BCUT2D eigenvalue weighted by Gasteiger charge is 2.28. The van der Waals surface area contributed by atoms with Crippen LogP contribution in [0.3, 0.4) is 0 Å². The molecule has 2 aromatic heterocycles. The largest absolute Gasteiger partial charge is 0.324 e. The highest BCUT2D eigenvalue weighted by Crippen LogP contribution is 2.41. The first-order chi connectivity index (χ1) is 10.0. The third-order valence-corrected chi connectivity index (χ3v) is 3.79. The van der Waals surface area contributed by atoms with E-state index in [2.05, 4.69) is 25.8 Å². The van der Waals surface area contributed by atoms with Crippen LogP contribution >= 0.6 is 11.6 Å². The first-order valence-electron chi connectivity index (χ1n) is 6.79. The predicted octanol–water partition coefficient (Wildman–Crippen LogP) is 3.60. The van der Waals surface area contributed by atoms with Crippen molar-refractivity contribution < 1.29 is 4.79 Å². The van der Waals surface area contributed by atoms with Gasteiger partial charge in [0.05, 0.1) is 0 Å². The second-order valence-electron chi connectivity index (χ2n) is 5.29. The van der Waals surface area contributed by atoms with E-state index in [1.807, 2.05) is 13.8 Å². The van der Waals surface area contributed by atoms with E-state index < -0.39 is 0 Å². The molecule has 1 saturated carbocycles. The molecule has 0 bridgehead atoms. The molecule has 3 N–H and O–H groups in total. The van der Waals surface area contributed by atoms with Gasteiger partial charge in [-0.3, -0.25) is 10.4 Å². The average molecular weight is 306 g/mol. The summed E-state index contributed by atoms with van der Waals surface area (Å²) in [6, 6.07) is 1.26. The van der Waals surface area contributed by atoms with E-state index in [0.29, 0.717) is 22.6 Å². The summed E-state index contributed by atoms with van der Waals surface area (Å²) >= 11 is 5.83. The van der Waals surface area contributed by atoms with Crippen LogP contribution in [-0.4, -0.2) is 21.2 Å². The Bertz CT molecular complexity index is 693. The quantitative estimate of drug-likeness (QED) is 0.758. The summed E-state index contributed by atoms with van der Waals surface area (Å²) in [5.41, 5.74) is 3.58. The monoisotopic (exact) mass is 305 g/mol. The number of carbonyl (C=O) groups is 1. The molecule has 7 heteroatoms. The lowest BCUT2D eigenvalue weighted by molar-refractivity contribution is 0.262. The number of carbonyl (C=O) groups excluding carboxylic acids is 1. The number of urea groups is 1. The molecular formula is C14H16ClN5O. The number of aromatic amines is 1. The van der Waals surface area contributed by atoms with Gasteiger partial charge in [-0.1, -0.05) is 11.6 Å². The van der Waals surface area contributed by atoms with Crippen LogP contribution in [0.4, 0.5) is 16.3 Å². The molecule has 0 spiro atoms. The molecule has 0 aromatic carbocycles. The smallest absolute Gasteiger partial charge is 0.307 e. The third-order valence-electron chi connectivity index (χ3n) is 3.58. The standard InChI is InChI=1S/C14H16ClN5O/c1-7-6-16-11(15)5-10(7)17-14(21)18-13-8(2)12(19-20-13)9-3-4-9/h5-6,9H,3-4H2,1-2H3,(H3,16,17,18,19,20,21). The van der Waals surface area contributed by atoms with Gasteiger partial charge in [0.1, 0.15) is 5.15 Å². The van der Waals surface area contributed by atoms with Gasteiger partial charge in [-0.05, 0) is 38.3 Å². The van der Waals surface area contributed by atoms with Crippen LogP contribution in [0.5, 0.6) is 0 Å². The van der Waals surface area contributed by atoms with Crippen LogP contribution in [-0.2, 0) is 0 Å². The number of pyridine rings is 1. The number of amides is 2. The minimum absolute atomic E-state index is 0.336. The molecule has 1 aliphatic rings. The molecule has 0 atom stereocenters. The van der Waals surface area contributed by atoms with Crippen molar-refractivity contribution in [3.63, 3.8) is 0 Å². The van der Waals surface area contributed by atoms with E-state index in [1.165, 1.54) is 12.8 Å². The molecule has 0 saturated heterocycles. The fourth-order valence-corrected chi connectivity index (χ4v) is 2.35. The minimum atomic E-state index is -0.350. The molecule has 3 rings (SSSR count). The van der Waals surface area contributed by atoms with Gasteiger partial charge >= 0.3 is 6.03 Å². The maximum absolute atomic E-state index is 12.1. The Morgan fingerprint density at radius 3 is 2.86 bits per heavy atom. The van der Waals surface area contributed by atoms with Gasteiger partial charge in [0.2, 0.25) is 0 Å². The SMILES string of the molecule is Cc1cnc(Cl)cc1NC(=O)Nc1n[nH]c(C2CC2)c1C. The van der Waals surface area contributed by atoms with E-state index in [4.69, 9.17) is 11.6 Å². The second kappa shape index (κ2) is 5.37. The molecule has 2 amide bonds. The Hall–Kier alpha value is -2.08. The Kier molecular flexibility index (Phi) is 3.55. The van der Waals surface area contributed by atoms with Crippen LogP contribution in [0.15, 0.2) is 12.3 Å². The van der Waals surface area contributed by atoms with E-state index >= 15 is 0 Å². The van der Waals surface area contributed by atoms with Crippen LogP contribution in [0, 0.1) is 13.8 Å². The van der Waals surface area contributed by atoms with Gasteiger partial charge in [0, 0.05) is 29.1 Å². The van der Waals surface area contributed by atoms with Crippen molar-refractivity contribution in [2.24, 2.45) is 0 Å². The van der Waals surface area contributed by atoms with Gasteiger partial charge in [0.15, 0.2) is 5.82 Å². The molecule has 2 aromatic rings. The van der Waals surface area contributed by atoms with Crippen molar-refractivity contribution in [2.45, 2.75) is 32.6 Å². The first kappa shape index (κ1) is 13.9. The van der Waals surface area contributed by atoms with E-state index in [9.17, 15) is 4.79 Å². The second-order valence-corrected chi connectivity index (χ2v) is 5.67. The number of nitrogens with one attached hydrogen (secondary N) is 3. The van der Waals surface area contributed by atoms with Crippen LogP contribution in [0.1, 0.15) is 35.6 Å². The maximum atomic E-state index is 12.1. The number of hydrogen-bond acceptors (Lipinski definition) is 3. The Balaban J connectivity index is 1.70. The maximum Gasteiger partial charge on any atom is 0.324 e. The topological polar surface area (TPSA) is 82.7 Å². The van der Waals surface area contributed by atoms with Crippen molar-refractivity contribution in [3.05, 3.63) is 34.2 Å². The lowest BCUT2D eigenvalue weighted by Crippen LogP contribution is -2.20. The van der Waals surface area contributed by atoms with Crippen molar-refractivity contribution >= 4 is 29.1 Å². The summed E-state index contributed by atoms with van der Waals surface area (Å²) in [5, 5.41) is 13.0. The zero-order chi connectivity index (χ0) is 15.0. The number of hydrogen-bond donors (Lipinski definition) is 3. The van der Waals surface area contributed by atoms with Gasteiger partial charge in [-0.15, -0.1) is 0 Å². The lowest BCUT2D eigenvalue weighted by Gasteiger charge is -2.09. The van der Waals surface area contributed by atoms with Crippen molar-refractivity contribution in [3.8, 4) is 0 Å². The molecule has 1 aliphatic carbocycles. The first-order valence-corrected chi connectivity index (χ1v) is 7.17. The van der Waals surface area contributed by atoms with Crippen LogP contribution in [0.2, 0.25) is 5.15 Å². The Labute approximate surface area is 127 Å². The van der Waals surface area contributed by atoms with Crippen LogP contribution in [0.25, 0.3) is 0 Å². The number of aryl methyl sites for hydroxylation is 1. The zero-order valence-electron chi connectivity index (χ0n) is 11.8. The normalized spacial score (nSPS) is 14.0. The Morgan fingerprint density at radius 2 is 2.14 bits per heavy atom.